The standard InChI is InChI=1S/C12H8Cl3F3N2O2/c1-5(20-11(15)21)2-9(19)22-10-7(13)3-6(4-8(10)14)12(16,17)18/h2-4H,19H2,1H3/b9-2+,20-5+. The van der Waals surface area contributed by atoms with Gasteiger partial charge in [-0.1, -0.05) is 23.2 Å². The molecule has 0 aliphatic rings. The summed E-state index contributed by atoms with van der Waals surface area (Å²) in [4.78, 5) is 13.9. The van der Waals surface area contributed by atoms with Crippen molar-refractivity contribution in [3.63, 3.8) is 0 Å². The van der Waals surface area contributed by atoms with Gasteiger partial charge < -0.3 is 10.5 Å². The smallest absolute Gasteiger partial charge is 0.416 e. The third-order valence-corrected chi connectivity index (χ3v) is 2.81. The van der Waals surface area contributed by atoms with Gasteiger partial charge in [-0.15, -0.1) is 0 Å². The monoisotopic (exact) mass is 374 g/mol. The summed E-state index contributed by atoms with van der Waals surface area (Å²) in [5, 5.41) is -1.72. The second-order valence-electron chi connectivity index (χ2n) is 3.92. The number of hydrogen-bond donors (Lipinski definition) is 1. The largest absolute Gasteiger partial charge is 0.438 e. The molecular weight excluding hydrogens is 367 g/mol. The zero-order valence-electron chi connectivity index (χ0n) is 10.8. The van der Waals surface area contributed by atoms with Crippen LogP contribution in [0.1, 0.15) is 12.5 Å². The van der Waals surface area contributed by atoms with Crippen molar-refractivity contribution < 1.29 is 22.7 Å². The predicted molar refractivity (Wildman–Crippen MR) is 78.7 cm³/mol. The fourth-order valence-corrected chi connectivity index (χ4v) is 2.04. The lowest BCUT2D eigenvalue weighted by Gasteiger charge is -2.13. The molecule has 0 aliphatic carbocycles. The van der Waals surface area contributed by atoms with Gasteiger partial charge in [0.1, 0.15) is 0 Å². The number of alkyl halides is 3. The van der Waals surface area contributed by atoms with E-state index in [1.54, 1.807) is 0 Å². The number of carbonyl (C=O) groups is 1. The molecule has 1 amide bonds. The molecule has 0 fully saturated rings. The first kappa shape index (κ1) is 18.6. The summed E-state index contributed by atoms with van der Waals surface area (Å²) < 4.78 is 42.8. The highest BCUT2D eigenvalue weighted by atomic mass is 35.5. The summed E-state index contributed by atoms with van der Waals surface area (Å²) in [6.45, 7) is 1.41. The summed E-state index contributed by atoms with van der Waals surface area (Å²) in [6.07, 6.45) is -3.47. The van der Waals surface area contributed by atoms with E-state index in [0.29, 0.717) is 12.1 Å². The lowest BCUT2D eigenvalue weighted by molar-refractivity contribution is -0.137. The maximum absolute atomic E-state index is 12.6. The zero-order valence-corrected chi connectivity index (χ0v) is 13.1. The van der Waals surface area contributed by atoms with E-state index in [-0.39, 0.29) is 27.4 Å². The number of nitrogens with two attached hydrogens (primary N) is 1. The highest BCUT2D eigenvalue weighted by molar-refractivity contribution is 6.64. The Kier molecular flexibility index (Phi) is 6.10. The van der Waals surface area contributed by atoms with Gasteiger partial charge in [0.05, 0.1) is 15.6 Å². The Balaban J connectivity index is 3.09. The Morgan fingerprint density at radius 3 is 2.23 bits per heavy atom. The molecule has 4 nitrogen and oxygen atoms in total. The van der Waals surface area contributed by atoms with Crippen molar-refractivity contribution in [1.82, 2.24) is 0 Å². The predicted octanol–water partition coefficient (Wildman–Crippen LogP) is 5.01. The quantitative estimate of drug-likeness (QED) is 0.349. The van der Waals surface area contributed by atoms with Crippen molar-refractivity contribution in [2.24, 2.45) is 10.7 Å². The molecule has 0 saturated carbocycles. The maximum atomic E-state index is 12.6. The molecule has 1 aromatic rings. The van der Waals surface area contributed by atoms with Crippen LogP contribution in [0.25, 0.3) is 0 Å². The van der Waals surface area contributed by atoms with Gasteiger partial charge in [-0.3, -0.25) is 4.79 Å². The van der Waals surface area contributed by atoms with E-state index in [2.05, 4.69) is 4.99 Å². The van der Waals surface area contributed by atoms with Crippen LogP contribution in [-0.2, 0) is 6.18 Å². The normalized spacial score (nSPS) is 13.2. The lowest BCUT2D eigenvalue weighted by atomic mass is 10.2. The summed E-state index contributed by atoms with van der Waals surface area (Å²) in [5.74, 6) is -0.544. The molecule has 22 heavy (non-hydrogen) atoms. The molecule has 0 aromatic heterocycles. The van der Waals surface area contributed by atoms with E-state index in [4.69, 9.17) is 45.3 Å². The number of ether oxygens (including phenoxy) is 1. The zero-order chi connectivity index (χ0) is 17.1. The van der Waals surface area contributed by atoms with Crippen LogP contribution >= 0.6 is 34.8 Å². The molecule has 0 spiro atoms. The van der Waals surface area contributed by atoms with Gasteiger partial charge in [0.15, 0.2) is 11.6 Å². The van der Waals surface area contributed by atoms with Gasteiger partial charge in [-0.05, 0) is 30.7 Å². The minimum Gasteiger partial charge on any atom is -0.438 e. The highest BCUT2D eigenvalue weighted by Crippen LogP contribution is 2.40. The first-order valence-electron chi connectivity index (χ1n) is 5.46. The van der Waals surface area contributed by atoms with Gasteiger partial charge in [-0.2, -0.15) is 13.2 Å². The van der Waals surface area contributed by atoms with E-state index >= 15 is 0 Å². The molecule has 0 aliphatic heterocycles. The van der Waals surface area contributed by atoms with Gasteiger partial charge in [-0.25, -0.2) is 4.99 Å². The number of benzene rings is 1. The maximum Gasteiger partial charge on any atom is 0.416 e. The summed E-state index contributed by atoms with van der Waals surface area (Å²) in [7, 11) is 0. The van der Waals surface area contributed by atoms with Crippen LogP contribution < -0.4 is 10.5 Å². The number of rotatable bonds is 3. The second-order valence-corrected chi connectivity index (χ2v) is 5.06. The highest BCUT2D eigenvalue weighted by Gasteiger charge is 2.32. The summed E-state index contributed by atoms with van der Waals surface area (Å²) in [5.41, 5.74) is 4.60. The number of carbonyl (C=O) groups excluding carboxylic acids is 1. The molecule has 0 radical (unpaired) electrons. The van der Waals surface area contributed by atoms with Gasteiger partial charge in [0.25, 0.3) is 0 Å². The molecule has 0 bridgehead atoms. The van der Waals surface area contributed by atoms with Crippen LogP contribution in [0, 0.1) is 0 Å². The van der Waals surface area contributed by atoms with Crippen LogP contribution in [0.4, 0.5) is 18.0 Å². The van der Waals surface area contributed by atoms with Crippen molar-refractivity contribution in [2.75, 3.05) is 0 Å². The molecule has 1 aromatic carbocycles. The molecule has 0 atom stereocenters. The minimum absolute atomic E-state index is 0.122. The van der Waals surface area contributed by atoms with E-state index in [0.717, 1.165) is 6.08 Å². The Bertz CT molecular complexity index is 635. The lowest BCUT2D eigenvalue weighted by Crippen LogP contribution is -2.10. The summed E-state index contributed by atoms with van der Waals surface area (Å²) in [6, 6.07) is 1.30. The fraction of sp³-hybridized carbons (Fsp3) is 0.167. The van der Waals surface area contributed by atoms with Crippen LogP contribution in [0.5, 0.6) is 5.75 Å². The first-order valence-corrected chi connectivity index (χ1v) is 6.60. The third-order valence-electron chi connectivity index (χ3n) is 2.16. The number of halogens is 6. The van der Waals surface area contributed by atoms with Crippen molar-refractivity contribution in [3.8, 4) is 5.75 Å². The number of aliphatic imine (C=N–C) groups is 1. The molecule has 0 unspecified atom stereocenters. The topological polar surface area (TPSA) is 64.7 Å². The van der Waals surface area contributed by atoms with Gasteiger partial charge in [0.2, 0.25) is 0 Å². The number of amides is 1. The molecule has 1 rings (SSSR count). The van der Waals surface area contributed by atoms with Crippen molar-refractivity contribution in [3.05, 3.63) is 39.7 Å². The molecule has 2 N–H and O–H groups in total. The summed E-state index contributed by atoms with van der Waals surface area (Å²) >= 11 is 16.5. The van der Waals surface area contributed by atoms with Crippen LogP contribution in [0.15, 0.2) is 29.1 Å². The van der Waals surface area contributed by atoms with Crippen molar-refractivity contribution in [1.29, 1.82) is 0 Å². The van der Waals surface area contributed by atoms with E-state index < -0.39 is 17.1 Å². The molecule has 0 saturated heterocycles. The van der Waals surface area contributed by atoms with Gasteiger partial charge in [0, 0.05) is 11.8 Å². The SMILES string of the molecule is CC(/C=C(\N)Oc1c(Cl)cc(C(F)(F)F)cc1Cl)=N\C(=O)Cl. The molecular formula is C12H8Cl3F3N2O2. The number of hydrogen-bond acceptors (Lipinski definition) is 3. The Hall–Kier alpha value is -1.44. The fourth-order valence-electron chi connectivity index (χ4n) is 1.35. The minimum atomic E-state index is -4.60. The van der Waals surface area contributed by atoms with Crippen LogP contribution in [-0.4, -0.2) is 11.1 Å². The van der Waals surface area contributed by atoms with Crippen molar-refractivity contribution >= 4 is 45.9 Å². The Morgan fingerprint density at radius 2 is 1.82 bits per heavy atom. The average molecular weight is 376 g/mol. The Labute approximate surface area is 138 Å². The van der Waals surface area contributed by atoms with E-state index in [1.807, 2.05) is 0 Å². The van der Waals surface area contributed by atoms with E-state index in [9.17, 15) is 18.0 Å². The number of nitrogens with zero attached hydrogens (tertiary/aromatic N) is 1. The van der Waals surface area contributed by atoms with Crippen LogP contribution in [0.2, 0.25) is 10.0 Å². The first-order chi connectivity index (χ1) is 10.0. The van der Waals surface area contributed by atoms with Gasteiger partial charge >= 0.3 is 11.5 Å². The third kappa shape index (κ3) is 5.40. The van der Waals surface area contributed by atoms with E-state index in [1.165, 1.54) is 6.92 Å². The van der Waals surface area contributed by atoms with Crippen molar-refractivity contribution in [2.45, 2.75) is 13.1 Å². The number of allylic oxidation sites excluding steroid dienone is 1. The Morgan fingerprint density at radius 1 is 1.32 bits per heavy atom. The van der Waals surface area contributed by atoms with Crippen LogP contribution in [0.3, 0.4) is 0 Å². The molecule has 10 heteroatoms. The second kappa shape index (κ2) is 7.21. The molecule has 120 valence electrons. The average Bonchev–Trinajstić information content (AvgIpc) is 2.30. The molecule has 0 heterocycles.